The summed E-state index contributed by atoms with van der Waals surface area (Å²) in [5.74, 6) is -0.153. The van der Waals surface area contributed by atoms with Crippen molar-refractivity contribution in [3.05, 3.63) is 67.7 Å². The van der Waals surface area contributed by atoms with Gasteiger partial charge in [0, 0.05) is 21.8 Å². The van der Waals surface area contributed by atoms with E-state index in [-0.39, 0.29) is 5.78 Å². The molecule has 0 aliphatic carbocycles. The molecule has 0 unspecified atom stereocenters. The zero-order valence-electron chi connectivity index (χ0n) is 12.1. The number of halogens is 4. The molecular weight excluding hydrogens is 451 g/mol. The van der Waals surface area contributed by atoms with Crippen LogP contribution in [-0.2, 0) is 10.7 Å². The number of rotatable bonds is 4. The summed E-state index contributed by atoms with van der Waals surface area (Å²) in [5, 5.41) is 2.18. The number of hydrogen-bond acceptors (Lipinski definition) is 1. The van der Waals surface area contributed by atoms with Crippen LogP contribution in [0.15, 0.2) is 24.3 Å². The average Bonchev–Trinajstić information content (AvgIpc) is 2.48. The lowest BCUT2D eigenvalue weighted by molar-refractivity contribution is 0.103. The van der Waals surface area contributed by atoms with Crippen molar-refractivity contribution < 1.29 is 4.79 Å². The summed E-state index contributed by atoms with van der Waals surface area (Å²) in [6.07, 6.45) is 0. The molecule has 0 N–H and O–H groups in total. The molecule has 2 aromatic rings. The summed E-state index contributed by atoms with van der Waals surface area (Å²) >= 11 is 19.7. The van der Waals surface area contributed by atoms with Gasteiger partial charge < -0.3 is 0 Å². The number of benzene rings is 2. The van der Waals surface area contributed by atoms with Crippen molar-refractivity contribution in [3.63, 3.8) is 0 Å². The molecule has 0 heterocycles. The number of carbonyl (C=O) groups is 1. The number of carbonyl (C=O) groups excluding carboxylic acids is 1. The molecule has 1 nitrogen and oxygen atoms in total. The van der Waals surface area contributed by atoms with Gasteiger partial charge in [0.05, 0.1) is 10.0 Å². The van der Waals surface area contributed by atoms with Crippen molar-refractivity contribution in [2.75, 3.05) is 0 Å². The van der Waals surface area contributed by atoms with Gasteiger partial charge >= 0.3 is 0 Å². The Kier molecular flexibility index (Phi) is 6.12. The minimum Gasteiger partial charge on any atom is -0.288 e. The SMILES string of the molecule is Cc1ccc(C(=O)c2ccc(C)c(CBr)c2Cl)c(Cl)c1CBr. The monoisotopic (exact) mass is 462 g/mol. The van der Waals surface area contributed by atoms with Gasteiger partial charge in [0.2, 0.25) is 0 Å². The van der Waals surface area contributed by atoms with Gasteiger partial charge in [-0.3, -0.25) is 4.79 Å². The molecule has 116 valence electrons. The summed E-state index contributed by atoms with van der Waals surface area (Å²) in [6.45, 7) is 3.94. The molecule has 0 atom stereocenters. The zero-order chi connectivity index (χ0) is 16.4. The minimum absolute atomic E-state index is 0.153. The van der Waals surface area contributed by atoms with Crippen molar-refractivity contribution >= 4 is 60.8 Å². The maximum atomic E-state index is 12.8. The van der Waals surface area contributed by atoms with E-state index >= 15 is 0 Å². The van der Waals surface area contributed by atoms with E-state index in [2.05, 4.69) is 31.9 Å². The molecule has 2 aromatic carbocycles. The van der Waals surface area contributed by atoms with Gasteiger partial charge in [-0.2, -0.15) is 0 Å². The Labute approximate surface area is 157 Å². The average molecular weight is 465 g/mol. The Morgan fingerprint density at radius 3 is 1.55 bits per heavy atom. The molecule has 0 bridgehead atoms. The summed E-state index contributed by atoms with van der Waals surface area (Å²) in [5.41, 5.74) is 4.91. The molecule has 0 aliphatic rings. The quantitative estimate of drug-likeness (QED) is 0.366. The van der Waals surface area contributed by atoms with Gasteiger partial charge in [0.15, 0.2) is 5.78 Å². The lowest BCUT2D eigenvalue weighted by Gasteiger charge is -2.13. The second-order valence-corrected chi connectivity index (χ2v) is 6.92. The van der Waals surface area contributed by atoms with Crippen LogP contribution in [0, 0.1) is 13.8 Å². The van der Waals surface area contributed by atoms with Crippen molar-refractivity contribution in [1.29, 1.82) is 0 Å². The molecule has 0 amide bonds. The second-order valence-electron chi connectivity index (χ2n) is 5.04. The fourth-order valence-corrected chi connectivity index (χ4v) is 4.76. The normalized spacial score (nSPS) is 10.8. The summed E-state index contributed by atoms with van der Waals surface area (Å²) in [6, 6.07) is 7.33. The van der Waals surface area contributed by atoms with Crippen LogP contribution >= 0.6 is 55.1 Å². The highest BCUT2D eigenvalue weighted by Crippen LogP contribution is 2.32. The predicted octanol–water partition coefficient (Wildman–Crippen LogP) is 6.63. The van der Waals surface area contributed by atoms with E-state index < -0.39 is 0 Å². The maximum absolute atomic E-state index is 12.8. The second kappa shape index (κ2) is 7.48. The highest BCUT2D eigenvalue weighted by Gasteiger charge is 2.20. The molecule has 22 heavy (non-hydrogen) atoms. The molecule has 0 saturated heterocycles. The maximum Gasteiger partial charge on any atom is 0.196 e. The highest BCUT2D eigenvalue weighted by molar-refractivity contribution is 9.08. The number of aryl methyl sites for hydroxylation is 2. The zero-order valence-corrected chi connectivity index (χ0v) is 16.8. The fraction of sp³-hybridized carbons (Fsp3) is 0.235. The van der Waals surface area contributed by atoms with Crippen molar-refractivity contribution in [3.8, 4) is 0 Å². The Bertz CT molecular complexity index is 680. The molecule has 0 saturated carbocycles. The molecule has 0 fully saturated rings. The standard InChI is InChI=1S/C17H14Br2Cl2O/c1-9-3-5-11(15(20)13(9)7-18)17(22)12-6-4-10(2)14(8-19)16(12)21/h3-6H,7-8H2,1-2H3. The Balaban J connectivity index is 2.59. The molecule has 5 heteroatoms. The molecular formula is C17H14Br2Cl2O. The molecule has 0 aromatic heterocycles. The van der Waals surface area contributed by atoms with E-state index in [0.29, 0.717) is 31.8 Å². The van der Waals surface area contributed by atoms with Crippen LogP contribution in [0.1, 0.15) is 38.2 Å². The van der Waals surface area contributed by atoms with Crippen LogP contribution in [0.5, 0.6) is 0 Å². The van der Waals surface area contributed by atoms with E-state index in [1.807, 2.05) is 26.0 Å². The van der Waals surface area contributed by atoms with Crippen LogP contribution in [0.3, 0.4) is 0 Å². The van der Waals surface area contributed by atoms with Crippen LogP contribution in [0.2, 0.25) is 10.0 Å². The van der Waals surface area contributed by atoms with Crippen LogP contribution in [0.4, 0.5) is 0 Å². The minimum atomic E-state index is -0.153. The first-order chi connectivity index (χ1) is 10.4. The van der Waals surface area contributed by atoms with Gasteiger partial charge in [0.25, 0.3) is 0 Å². The van der Waals surface area contributed by atoms with Crippen molar-refractivity contribution in [2.24, 2.45) is 0 Å². The Morgan fingerprint density at radius 1 is 0.864 bits per heavy atom. The van der Waals surface area contributed by atoms with Gasteiger partial charge in [-0.25, -0.2) is 0 Å². The van der Waals surface area contributed by atoms with E-state index in [9.17, 15) is 4.79 Å². The van der Waals surface area contributed by atoms with Gasteiger partial charge in [-0.15, -0.1) is 0 Å². The summed E-state index contributed by atoms with van der Waals surface area (Å²) in [7, 11) is 0. The first-order valence-corrected chi connectivity index (χ1v) is 9.64. The Morgan fingerprint density at radius 2 is 1.23 bits per heavy atom. The smallest absolute Gasteiger partial charge is 0.196 e. The number of alkyl halides is 2. The molecule has 0 radical (unpaired) electrons. The van der Waals surface area contributed by atoms with E-state index in [4.69, 9.17) is 23.2 Å². The third kappa shape index (κ3) is 3.28. The van der Waals surface area contributed by atoms with Gasteiger partial charge in [-0.1, -0.05) is 67.2 Å². The Hall–Kier alpha value is -0.350. The van der Waals surface area contributed by atoms with Crippen LogP contribution < -0.4 is 0 Å². The van der Waals surface area contributed by atoms with Crippen molar-refractivity contribution in [2.45, 2.75) is 24.5 Å². The number of hydrogen-bond donors (Lipinski definition) is 0. The number of ketones is 1. The highest BCUT2D eigenvalue weighted by atomic mass is 79.9. The molecule has 2 rings (SSSR count). The van der Waals surface area contributed by atoms with Gasteiger partial charge in [-0.05, 0) is 48.2 Å². The fourth-order valence-electron chi connectivity index (χ4n) is 2.26. The van der Waals surface area contributed by atoms with Crippen LogP contribution in [-0.4, -0.2) is 5.78 Å². The van der Waals surface area contributed by atoms with E-state index in [0.717, 1.165) is 22.3 Å². The van der Waals surface area contributed by atoms with E-state index in [1.54, 1.807) is 12.1 Å². The molecule has 0 aliphatic heterocycles. The summed E-state index contributed by atoms with van der Waals surface area (Å²) in [4.78, 5) is 12.8. The predicted molar refractivity (Wildman–Crippen MR) is 101 cm³/mol. The first-order valence-electron chi connectivity index (χ1n) is 6.65. The van der Waals surface area contributed by atoms with E-state index in [1.165, 1.54) is 0 Å². The lowest BCUT2D eigenvalue weighted by atomic mass is 9.96. The lowest BCUT2D eigenvalue weighted by Crippen LogP contribution is -2.07. The molecule has 0 spiro atoms. The third-order valence-corrected chi connectivity index (χ3v) is 5.70. The first kappa shape index (κ1) is 18.0. The topological polar surface area (TPSA) is 17.1 Å². The summed E-state index contributed by atoms with van der Waals surface area (Å²) < 4.78 is 0. The van der Waals surface area contributed by atoms with Crippen molar-refractivity contribution in [1.82, 2.24) is 0 Å². The van der Waals surface area contributed by atoms with Crippen LogP contribution in [0.25, 0.3) is 0 Å². The van der Waals surface area contributed by atoms with Gasteiger partial charge in [0.1, 0.15) is 0 Å². The largest absolute Gasteiger partial charge is 0.288 e. The third-order valence-electron chi connectivity index (χ3n) is 3.71.